The number of carbonyl (C=O) groups excluding carboxylic acids is 1. The van der Waals surface area contributed by atoms with Gasteiger partial charge >= 0.3 is 0 Å². The van der Waals surface area contributed by atoms with Gasteiger partial charge in [0.25, 0.3) is 0 Å². The second kappa shape index (κ2) is 7.02. The highest BCUT2D eigenvalue weighted by Gasteiger charge is 2.33. The number of carbonyl (C=O) groups is 1. The molecule has 1 aromatic heterocycles. The van der Waals surface area contributed by atoms with E-state index >= 15 is 0 Å². The third-order valence-electron chi connectivity index (χ3n) is 5.88. The summed E-state index contributed by atoms with van der Waals surface area (Å²) in [4.78, 5) is 15.1. The Balaban J connectivity index is 1.42. The molecule has 5 heteroatoms. The van der Waals surface area contributed by atoms with Crippen molar-refractivity contribution in [2.24, 2.45) is 7.05 Å². The van der Waals surface area contributed by atoms with Crippen LogP contribution in [0.3, 0.4) is 0 Å². The van der Waals surface area contributed by atoms with Gasteiger partial charge in [-0.05, 0) is 57.2 Å². The summed E-state index contributed by atoms with van der Waals surface area (Å²) >= 11 is 0. The Hall–Kier alpha value is -2.30. The predicted molar refractivity (Wildman–Crippen MR) is 105 cm³/mol. The van der Waals surface area contributed by atoms with Crippen molar-refractivity contribution in [2.45, 2.75) is 71.6 Å². The topological polar surface area (TPSA) is 47.4 Å². The Morgan fingerprint density at radius 1 is 1.33 bits per heavy atom. The van der Waals surface area contributed by atoms with Crippen molar-refractivity contribution in [3.63, 3.8) is 0 Å². The van der Waals surface area contributed by atoms with Crippen LogP contribution in [-0.4, -0.2) is 32.7 Å². The highest BCUT2D eigenvalue weighted by molar-refractivity contribution is 5.77. The van der Waals surface area contributed by atoms with E-state index in [9.17, 15) is 4.79 Å². The molecule has 0 spiro atoms. The van der Waals surface area contributed by atoms with Gasteiger partial charge in [-0.25, -0.2) is 0 Å². The van der Waals surface area contributed by atoms with E-state index in [0.717, 1.165) is 42.8 Å². The molecule has 1 fully saturated rings. The molecule has 1 unspecified atom stereocenters. The summed E-state index contributed by atoms with van der Waals surface area (Å²) in [7, 11) is 1.97. The van der Waals surface area contributed by atoms with Gasteiger partial charge in [0.1, 0.15) is 11.9 Å². The maximum atomic E-state index is 13.0. The molecule has 0 bridgehead atoms. The molecular formula is C22H29N3O2. The quantitative estimate of drug-likeness (QED) is 0.785. The number of aryl methyl sites for hydroxylation is 3. The van der Waals surface area contributed by atoms with Crippen LogP contribution < -0.4 is 4.74 Å². The van der Waals surface area contributed by atoms with Gasteiger partial charge in [0.05, 0.1) is 5.69 Å². The Kier molecular flexibility index (Phi) is 4.70. The molecule has 2 heterocycles. The molecule has 1 aromatic carbocycles. The Labute approximate surface area is 161 Å². The first-order valence-corrected chi connectivity index (χ1v) is 9.99. The molecule has 1 atom stereocenters. The number of hydrogen-bond acceptors (Lipinski definition) is 3. The van der Waals surface area contributed by atoms with Crippen LogP contribution in [0.4, 0.5) is 0 Å². The molecule has 0 saturated heterocycles. The van der Waals surface area contributed by atoms with E-state index < -0.39 is 0 Å². The van der Waals surface area contributed by atoms with Gasteiger partial charge in [-0.3, -0.25) is 9.48 Å². The summed E-state index contributed by atoms with van der Waals surface area (Å²) in [5.74, 6) is 1.25. The smallest absolute Gasteiger partial charge is 0.223 e. The number of aromatic nitrogens is 2. The van der Waals surface area contributed by atoms with Crippen molar-refractivity contribution in [3.8, 4) is 5.75 Å². The predicted octanol–water partition coefficient (Wildman–Crippen LogP) is 3.48. The van der Waals surface area contributed by atoms with Crippen molar-refractivity contribution in [2.75, 3.05) is 0 Å². The number of rotatable bonds is 6. The summed E-state index contributed by atoms with van der Waals surface area (Å²) in [5, 5.41) is 4.50. The van der Waals surface area contributed by atoms with Gasteiger partial charge in [-0.2, -0.15) is 5.10 Å². The van der Waals surface area contributed by atoms with Gasteiger partial charge in [-0.1, -0.05) is 12.1 Å². The van der Waals surface area contributed by atoms with E-state index in [4.69, 9.17) is 4.74 Å². The molecule has 1 saturated carbocycles. The minimum absolute atomic E-state index is 0.255. The average Bonchev–Trinajstić information content (AvgIpc) is 3.35. The first kappa shape index (κ1) is 18.1. The fourth-order valence-corrected chi connectivity index (χ4v) is 4.05. The molecule has 4 rings (SSSR count). The number of hydrogen-bond donors (Lipinski definition) is 0. The molecule has 5 nitrogen and oxygen atoms in total. The summed E-state index contributed by atoms with van der Waals surface area (Å²) in [6.45, 7) is 6.90. The SMILES string of the molecule is Cc1nn(C)c(C)c1CN(C(=O)CCc1ccc2c(c1)CC(C)O2)C1CC1. The van der Waals surface area contributed by atoms with E-state index in [0.29, 0.717) is 19.0 Å². The normalized spacial score (nSPS) is 18.3. The molecule has 2 aromatic rings. The fourth-order valence-electron chi connectivity index (χ4n) is 4.05. The highest BCUT2D eigenvalue weighted by Crippen LogP contribution is 2.32. The van der Waals surface area contributed by atoms with Crippen molar-refractivity contribution in [1.29, 1.82) is 0 Å². The van der Waals surface area contributed by atoms with Crippen LogP contribution in [-0.2, 0) is 31.2 Å². The Morgan fingerprint density at radius 3 is 2.78 bits per heavy atom. The van der Waals surface area contributed by atoms with Crippen LogP contribution in [0.15, 0.2) is 18.2 Å². The highest BCUT2D eigenvalue weighted by atomic mass is 16.5. The van der Waals surface area contributed by atoms with Gasteiger partial charge in [0, 0.05) is 43.7 Å². The fraction of sp³-hybridized carbons (Fsp3) is 0.545. The van der Waals surface area contributed by atoms with Crippen molar-refractivity contribution >= 4 is 5.91 Å². The molecule has 0 radical (unpaired) electrons. The van der Waals surface area contributed by atoms with E-state index in [-0.39, 0.29) is 12.0 Å². The molecule has 2 aliphatic rings. The van der Waals surface area contributed by atoms with E-state index in [1.165, 1.54) is 16.7 Å². The summed E-state index contributed by atoms with van der Waals surface area (Å²) < 4.78 is 7.68. The molecule has 1 aliphatic carbocycles. The van der Waals surface area contributed by atoms with E-state index in [2.05, 4.69) is 42.0 Å². The van der Waals surface area contributed by atoms with E-state index in [1.807, 2.05) is 18.7 Å². The van der Waals surface area contributed by atoms with Gasteiger partial charge in [-0.15, -0.1) is 0 Å². The number of fused-ring (bicyclic) bond motifs is 1. The van der Waals surface area contributed by atoms with Crippen LogP contribution in [0.5, 0.6) is 5.75 Å². The van der Waals surface area contributed by atoms with Gasteiger partial charge < -0.3 is 9.64 Å². The maximum Gasteiger partial charge on any atom is 0.223 e. The second-order valence-electron chi connectivity index (χ2n) is 8.10. The zero-order chi connectivity index (χ0) is 19.1. The van der Waals surface area contributed by atoms with Crippen molar-refractivity contribution in [3.05, 3.63) is 46.3 Å². The molecule has 1 amide bonds. The summed E-state index contributed by atoms with van der Waals surface area (Å²) in [6, 6.07) is 6.77. The lowest BCUT2D eigenvalue weighted by molar-refractivity contribution is -0.132. The van der Waals surface area contributed by atoms with Crippen molar-refractivity contribution in [1.82, 2.24) is 14.7 Å². The maximum absolute atomic E-state index is 13.0. The monoisotopic (exact) mass is 367 g/mol. The summed E-state index contributed by atoms with van der Waals surface area (Å²) in [5.41, 5.74) is 5.87. The average molecular weight is 367 g/mol. The number of ether oxygens (including phenoxy) is 1. The van der Waals surface area contributed by atoms with E-state index in [1.54, 1.807) is 0 Å². The molecule has 0 N–H and O–H groups in total. The Bertz CT molecular complexity index is 867. The molecule has 1 aliphatic heterocycles. The zero-order valence-corrected chi connectivity index (χ0v) is 16.8. The van der Waals surface area contributed by atoms with Crippen LogP contribution in [0.2, 0.25) is 0 Å². The standard InChI is InChI=1S/C22H29N3O2/c1-14-11-18-12-17(5-9-21(18)27-14)6-10-22(26)25(19-7-8-19)13-20-15(2)23-24(4)16(20)3/h5,9,12,14,19H,6-8,10-11,13H2,1-4H3. The Morgan fingerprint density at radius 2 is 2.11 bits per heavy atom. The lowest BCUT2D eigenvalue weighted by Gasteiger charge is -2.23. The van der Waals surface area contributed by atoms with Crippen molar-refractivity contribution < 1.29 is 9.53 Å². The molecule has 144 valence electrons. The first-order valence-electron chi connectivity index (χ1n) is 9.99. The number of benzene rings is 1. The van der Waals surface area contributed by atoms with Crippen LogP contribution >= 0.6 is 0 Å². The third kappa shape index (κ3) is 3.73. The first-order chi connectivity index (χ1) is 12.9. The third-order valence-corrected chi connectivity index (χ3v) is 5.88. The van der Waals surface area contributed by atoms with Gasteiger partial charge in [0.15, 0.2) is 0 Å². The second-order valence-corrected chi connectivity index (χ2v) is 8.10. The van der Waals surface area contributed by atoms with Crippen LogP contribution in [0.25, 0.3) is 0 Å². The zero-order valence-electron chi connectivity index (χ0n) is 16.8. The molecule has 27 heavy (non-hydrogen) atoms. The van der Waals surface area contributed by atoms with Gasteiger partial charge in [0.2, 0.25) is 5.91 Å². The number of amides is 1. The lowest BCUT2D eigenvalue weighted by atomic mass is 10.0. The van der Waals surface area contributed by atoms with Crippen LogP contribution in [0.1, 0.15) is 54.3 Å². The minimum Gasteiger partial charge on any atom is -0.490 e. The van der Waals surface area contributed by atoms with Crippen LogP contribution in [0, 0.1) is 13.8 Å². The molecular weight excluding hydrogens is 338 g/mol. The lowest BCUT2D eigenvalue weighted by Crippen LogP contribution is -2.33. The minimum atomic E-state index is 0.255. The number of nitrogens with zero attached hydrogens (tertiary/aromatic N) is 3. The summed E-state index contributed by atoms with van der Waals surface area (Å²) in [6.07, 6.45) is 4.81. The largest absolute Gasteiger partial charge is 0.490 e.